The molecular weight excluding hydrogens is 401 g/mol. The molecule has 4 rings (SSSR count). The highest BCUT2D eigenvalue weighted by Gasteiger charge is 2.21. The van der Waals surface area contributed by atoms with Gasteiger partial charge in [0, 0.05) is 25.4 Å². The average molecular weight is 426 g/mol. The van der Waals surface area contributed by atoms with Gasteiger partial charge in [0.25, 0.3) is 5.91 Å². The van der Waals surface area contributed by atoms with Crippen LogP contribution in [-0.2, 0) is 24.7 Å². The lowest BCUT2D eigenvalue weighted by molar-refractivity contribution is -0.118. The molecule has 0 fully saturated rings. The molecule has 2 aromatic rings. The molecule has 164 valence electrons. The van der Waals surface area contributed by atoms with Gasteiger partial charge >= 0.3 is 6.68 Å². The number of fused-ring (bicyclic) bond motifs is 2. The van der Waals surface area contributed by atoms with Crippen molar-refractivity contribution in [1.82, 2.24) is 9.78 Å². The van der Waals surface area contributed by atoms with Gasteiger partial charge in [-0.05, 0) is 37.8 Å². The normalized spacial score (nSPS) is 14.9. The first-order valence-electron chi connectivity index (χ1n) is 9.47. The number of ether oxygens (including phenoxy) is 1. The van der Waals surface area contributed by atoms with E-state index in [0.717, 1.165) is 36.3 Å². The number of aromatic nitrogens is 2. The van der Waals surface area contributed by atoms with Crippen LogP contribution in [0.15, 0.2) is 24.3 Å². The highest BCUT2D eigenvalue weighted by molar-refractivity contribution is 5.95. The zero-order chi connectivity index (χ0) is 22.3. The first-order valence-corrected chi connectivity index (χ1v) is 9.47. The third kappa shape index (κ3) is 5.98. The van der Waals surface area contributed by atoms with Gasteiger partial charge in [0.15, 0.2) is 5.69 Å². The van der Waals surface area contributed by atoms with E-state index in [2.05, 4.69) is 5.10 Å². The molecule has 2 amide bonds. The van der Waals surface area contributed by atoms with Crippen molar-refractivity contribution in [3.63, 3.8) is 0 Å². The predicted molar refractivity (Wildman–Crippen MR) is 105 cm³/mol. The van der Waals surface area contributed by atoms with Crippen LogP contribution in [0, 0.1) is 0 Å². The number of rotatable bonds is 1. The van der Waals surface area contributed by atoms with Gasteiger partial charge in [-0.1, -0.05) is 12.1 Å². The molecule has 0 unspecified atom stereocenters. The number of aryl methyl sites for hydroxylation is 1. The number of hydrogen-bond acceptors (Lipinski definition) is 4. The molecule has 0 atom stereocenters. The van der Waals surface area contributed by atoms with E-state index in [9.17, 15) is 22.8 Å². The van der Waals surface area contributed by atoms with E-state index in [-0.39, 0.29) is 5.91 Å². The maximum Gasteiger partial charge on any atom is 0.379 e. The number of hydrogen-bond donors (Lipinski definition) is 1. The van der Waals surface area contributed by atoms with Crippen LogP contribution in [0.3, 0.4) is 0 Å². The number of amides is 2. The lowest BCUT2D eigenvalue weighted by atomic mass is 9.95. The summed E-state index contributed by atoms with van der Waals surface area (Å²) in [6.07, 6.45) is 4.74. The fourth-order valence-electron chi connectivity index (χ4n) is 3.38. The lowest BCUT2D eigenvalue weighted by Crippen LogP contribution is -2.24. The van der Waals surface area contributed by atoms with Gasteiger partial charge in [-0.2, -0.15) is 18.3 Å². The van der Waals surface area contributed by atoms with Crippen molar-refractivity contribution < 1.29 is 27.5 Å². The lowest BCUT2D eigenvalue weighted by Gasteiger charge is -2.15. The van der Waals surface area contributed by atoms with Crippen molar-refractivity contribution >= 4 is 17.5 Å². The molecule has 1 aliphatic heterocycles. The van der Waals surface area contributed by atoms with Gasteiger partial charge in [0.2, 0.25) is 5.91 Å². The summed E-state index contributed by atoms with van der Waals surface area (Å²) in [5.41, 5.74) is 8.81. The molecule has 7 nitrogen and oxygen atoms in total. The maximum atomic E-state index is 11.4. The molecule has 0 bridgehead atoms. The van der Waals surface area contributed by atoms with Gasteiger partial charge in [-0.25, -0.2) is 0 Å². The Balaban J connectivity index is 0.000000182. The minimum atomic E-state index is -3.67. The van der Waals surface area contributed by atoms with Crippen LogP contribution >= 0.6 is 0 Å². The van der Waals surface area contributed by atoms with E-state index in [4.69, 9.17) is 10.5 Å². The van der Waals surface area contributed by atoms with Crippen LogP contribution < -0.4 is 15.4 Å². The smallest absolute Gasteiger partial charge is 0.379 e. The summed E-state index contributed by atoms with van der Waals surface area (Å²) in [7, 11) is 3.65. The summed E-state index contributed by atoms with van der Waals surface area (Å²) >= 11 is 0. The van der Waals surface area contributed by atoms with E-state index >= 15 is 0 Å². The van der Waals surface area contributed by atoms with Crippen LogP contribution in [-0.4, -0.2) is 41.9 Å². The molecule has 1 aromatic carbocycles. The molecule has 2 N–H and O–H groups in total. The number of benzene rings is 1. The highest BCUT2D eigenvalue weighted by atomic mass is 19.4. The van der Waals surface area contributed by atoms with Gasteiger partial charge in [-0.3, -0.25) is 14.3 Å². The monoisotopic (exact) mass is 426 g/mol. The Morgan fingerprint density at radius 1 is 1.13 bits per heavy atom. The van der Waals surface area contributed by atoms with Crippen molar-refractivity contribution in [2.24, 2.45) is 12.8 Å². The van der Waals surface area contributed by atoms with E-state index in [0.29, 0.717) is 18.7 Å². The summed E-state index contributed by atoms with van der Waals surface area (Å²) < 4.78 is 36.2. The first-order chi connectivity index (χ1) is 14.2. The molecule has 30 heavy (non-hydrogen) atoms. The van der Waals surface area contributed by atoms with Gasteiger partial charge in [0.1, 0.15) is 5.75 Å². The quantitative estimate of drug-likeness (QED) is 0.759. The zero-order valence-corrected chi connectivity index (χ0v) is 16.9. The summed E-state index contributed by atoms with van der Waals surface area (Å²) in [6.45, 7) is -3.19. The van der Waals surface area contributed by atoms with Gasteiger partial charge < -0.3 is 15.4 Å². The number of carbonyl (C=O) groups is 2. The number of para-hydroxylation sites is 2. The zero-order valence-electron chi connectivity index (χ0n) is 16.9. The summed E-state index contributed by atoms with van der Waals surface area (Å²) in [5.74, 6) is 0.486. The first kappa shape index (κ1) is 23.2. The number of carbonyl (C=O) groups excluding carboxylic acids is 2. The largest absolute Gasteiger partial charge is 0.491 e. The Bertz CT molecular complexity index is 883. The van der Waals surface area contributed by atoms with Crippen molar-refractivity contribution in [2.75, 3.05) is 18.6 Å². The molecule has 0 radical (unpaired) electrons. The molecule has 1 aromatic heterocycles. The second-order valence-electron chi connectivity index (χ2n) is 6.74. The summed E-state index contributed by atoms with van der Waals surface area (Å²) in [4.78, 5) is 24.1. The predicted octanol–water partition coefficient (Wildman–Crippen LogP) is 3.01. The van der Waals surface area contributed by atoms with Crippen molar-refractivity contribution in [2.45, 2.75) is 38.8 Å². The minimum Gasteiger partial charge on any atom is -0.491 e. The number of primary amides is 1. The molecule has 0 spiro atoms. The number of halogens is 3. The Morgan fingerprint density at radius 2 is 1.77 bits per heavy atom. The average Bonchev–Trinajstić information content (AvgIpc) is 2.97. The van der Waals surface area contributed by atoms with E-state index in [1.165, 1.54) is 12.1 Å². The Morgan fingerprint density at radius 3 is 2.43 bits per heavy atom. The SMILES string of the molecule is CN1C(=O)CCOc2ccccc21.Cn1nc(C(N)=O)c2c1CCCC2.FC(F)F. The minimum absolute atomic E-state index is 0.102. The van der Waals surface area contributed by atoms with Crippen molar-refractivity contribution in [1.29, 1.82) is 0 Å². The van der Waals surface area contributed by atoms with E-state index < -0.39 is 12.6 Å². The number of nitrogens with two attached hydrogens (primary N) is 1. The van der Waals surface area contributed by atoms with Crippen LogP contribution in [0.2, 0.25) is 0 Å². The Kier molecular flexibility index (Phi) is 8.25. The number of alkyl halides is 3. The molecule has 2 aliphatic rings. The van der Waals surface area contributed by atoms with Crippen LogP contribution in [0.1, 0.15) is 41.0 Å². The number of anilines is 1. The molecule has 0 saturated heterocycles. The fourth-order valence-corrected chi connectivity index (χ4v) is 3.38. The summed E-state index contributed by atoms with van der Waals surface area (Å²) in [6, 6.07) is 7.57. The van der Waals surface area contributed by atoms with Crippen LogP contribution in [0.4, 0.5) is 18.9 Å². The standard InChI is InChI=1S/C10H11NO2.C9H13N3O.CHF3/c1-11-8-4-2-3-5-9(8)13-7-6-10(11)12;1-12-7-5-3-2-4-6(7)8(11-12)9(10)13;2-1(3)4/h2-5H,6-7H2,1H3;2-5H2,1H3,(H2,10,13);1H. The van der Waals surface area contributed by atoms with Crippen molar-refractivity contribution in [3.05, 3.63) is 41.2 Å². The Hall–Kier alpha value is -3.04. The van der Waals surface area contributed by atoms with E-state index in [1.54, 1.807) is 16.6 Å². The molecule has 2 heterocycles. The van der Waals surface area contributed by atoms with Gasteiger partial charge in [0.05, 0.1) is 18.7 Å². The molecular formula is C20H25F3N4O3. The molecule has 1 aliphatic carbocycles. The van der Waals surface area contributed by atoms with Crippen LogP contribution in [0.5, 0.6) is 5.75 Å². The van der Waals surface area contributed by atoms with Crippen molar-refractivity contribution in [3.8, 4) is 5.75 Å². The second-order valence-corrected chi connectivity index (χ2v) is 6.74. The van der Waals surface area contributed by atoms with Gasteiger partial charge in [-0.15, -0.1) is 0 Å². The maximum absolute atomic E-state index is 11.4. The fraction of sp³-hybridized carbons (Fsp3) is 0.450. The van der Waals surface area contributed by atoms with E-state index in [1.807, 2.05) is 31.3 Å². The highest BCUT2D eigenvalue weighted by Crippen LogP contribution is 2.29. The van der Waals surface area contributed by atoms with Crippen LogP contribution in [0.25, 0.3) is 0 Å². The third-order valence-electron chi connectivity index (χ3n) is 4.77. The third-order valence-corrected chi connectivity index (χ3v) is 4.77. The molecule has 10 heteroatoms. The molecule has 0 saturated carbocycles. The second kappa shape index (κ2) is 10.7. The number of nitrogens with zero attached hydrogens (tertiary/aromatic N) is 3. The summed E-state index contributed by atoms with van der Waals surface area (Å²) in [5, 5.41) is 4.13. The Labute approximate surface area is 172 Å². The topological polar surface area (TPSA) is 90.4 Å².